The Kier molecular flexibility index (Phi) is 3.25. The van der Waals surface area contributed by atoms with Crippen molar-refractivity contribution in [2.75, 3.05) is 0 Å². The van der Waals surface area contributed by atoms with Crippen molar-refractivity contribution in [3.05, 3.63) is 52.5 Å². The molecule has 1 heterocycles. The average molecular weight is 332 g/mol. The quantitative estimate of drug-likeness (QED) is 0.381. The van der Waals surface area contributed by atoms with Crippen molar-refractivity contribution in [3.63, 3.8) is 0 Å². The van der Waals surface area contributed by atoms with E-state index in [0.717, 1.165) is 21.1 Å². The van der Waals surface area contributed by atoms with E-state index in [0.29, 0.717) is 11.5 Å². The third kappa shape index (κ3) is 2.31. The lowest BCUT2D eigenvalue weighted by Gasteiger charge is -2.01. The second-order valence-electron chi connectivity index (χ2n) is 4.20. The van der Waals surface area contributed by atoms with Gasteiger partial charge in [-0.1, -0.05) is 28.1 Å². The summed E-state index contributed by atoms with van der Waals surface area (Å²) in [6, 6.07) is 12.7. The fraction of sp³-hybridized carbons (Fsp3) is 0. The summed E-state index contributed by atoms with van der Waals surface area (Å²) in [4.78, 5) is 4.42. The highest BCUT2D eigenvalue weighted by Gasteiger charge is 2.09. The van der Waals surface area contributed by atoms with Gasteiger partial charge in [0, 0.05) is 15.6 Å². The first-order valence-electron chi connectivity index (χ1n) is 5.83. The lowest BCUT2D eigenvalue weighted by molar-refractivity contribution is 0.234. The van der Waals surface area contributed by atoms with Gasteiger partial charge < -0.3 is 4.42 Å². The van der Waals surface area contributed by atoms with Crippen LogP contribution in [0.4, 0.5) is 0 Å². The minimum Gasteiger partial charge on any atom is -0.436 e. The molecule has 0 saturated carbocycles. The molecule has 2 aromatic carbocycles. The number of halogens is 1. The minimum absolute atomic E-state index is 0.0574. The molecule has 20 heavy (non-hydrogen) atoms. The molecule has 0 atom stereocenters. The first-order valence-corrected chi connectivity index (χ1v) is 6.62. The normalized spacial score (nSPS) is 10.7. The molecule has 0 saturated heterocycles. The van der Waals surface area contributed by atoms with Crippen molar-refractivity contribution in [1.29, 1.82) is 5.41 Å². The highest BCUT2D eigenvalue weighted by Crippen LogP contribution is 2.26. The third-order valence-corrected chi connectivity index (χ3v) is 3.38. The summed E-state index contributed by atoms with van der Waals surface area (Å²) >= 11 is 3.40. The number of rotatable bonds is 2. The van der Waals surface area contributed by atoms with Gasteiger partial charge in [0.05, 0.1) is 0 Å². The van der Waals surface area contributed by atoms with Crippen molar-refractivity contribution in [2.24, 2.45) is 0 Å². The Morgan fingerprint density at radius 1 is 1.20 bits per heavy atom. The minimum atomic E-state index is -0.0574. The van der Waals surface area contributed by atoms with Gasteiger partial charge in [-0.05, 0) is 30.3 Å². The van der Waals surface area contributed by atoms with Gasteiger partial charge in [0.1, 0.15) is 11.4 Å². The summed E-state index contributed by atoms with van der Waals surface area (Å²) in [5.41, 5.74) is 4.70. The zero-order chi connectivity index (χ0) is 14.1. The van der Waals surface area contributed by atoms with E-state index >= 15 is 0 Å². The van der Waals surface area contributed by atoms with Gasteiger partial charge in [-0.15, -0.1) is 0 Å². The molecule has 0 amide bonds. The van der Waals surface area contributed by atoms with Crippen LogP contribution >= 0.6 is 15.9 Å². The Balaban J connectivity index is 2.00. The number of fused-ring (bicyclic) bond motifs is 1. The number of hydrogen-bond acceptors (Lipinski definition) is 4. The number of hydrogen-bond donors (Lipinski definition) is 3. The Morgan fingerprint density at radius 3 is 2.65 bits per heavy atom. The second-order valence-corrected chi connectivity index (χ2v) is 5.11. The summed E-state index contributed by atoms with van der Waals surface area (Å²) in [7, 11) is 0. The molecule has 3 rings (SSSR count). The highest BCUT2D eigenvalue weighted by molar-refractivity contribution is 9.10. The summed E-state index contributed by atoms with van der Waals surface area (Å²) in [6.07, 6.45) is 0. The maximum absolute atomic E-state index is 8.69. The predicted molar refractivity (Wildman–Crippen MR) is 78.9 cm³/mol. The largest absolute Gasteiger partial charge is 0.436 e. The van der Waals surface area contributed by atoms with Gasteiger partial charge in [0.15, 0.2) is 5.58 Å². The molecule has 0 aliphatic heterocycles. The fourth-order valence-electron chi connectivity index (χ4n) is 1.87. The number of nitrogens with one attached hydrogen (secondary N) is 2. The molecule has 0 fully saturated rings. The molecule has 1 aromatic heterocycles. The van der Waals surface area contributed by atoms with Crippen LogP contribution in [0.25, 0.3) is 22.6 Å². The lowest BCUT2D eigenvalue weighted by Crippen LogP contribution is -2.18. The van der Waals surface area contributed by atoms with Crippen LogP contribution in [0.2, 0.25) is 0 Å². The summed E-state index contributed by atoms with van der Waals surface area (Å²) in [5, 5.41) is 16.1. The van der Waals surface area contributed by atoms with E-state index in [1.807, 2.05) is 23.7 Å². The molecule has 100 valence electrons. The fourth-order valence-corrected chi connectivity index (χ4v) is 2.22. The monoisotopic (exact) mass is 331 g/mol. The SMILES string of the molecule is N=C(NO)c1ccc(-c2nc3cc(Br)ccc3o2)cc1. The molecule has 0 spiro atoms. The van der Waals surface area contributed by atoms with E-state index in [4.69, 9.17) is 15.0 Å². The van der Waals surface area contributed by atoms with Crippen molar-refractivity contribution in [2.45, 2.75) is 0 Å². The Bertz CT molecular complexity index is 781. The maximum Gasteiger partial charge on any atom is 0.227 e. The number of oxazole rings is 1. The van der Waals surface area contributed by atoms with Crippen LogP contribution in [0.15, 0.2) is 51.4 Å². The zero-order valence-corrected chi connectivity index (χ0v) is 11.8. The molecule has 3 N–H and O–H groups in total. The number of amidine groups is 1. The number of nitrogens with zero attached hydrogens (tertiary/aromatic N) is 1. The van der Waals surface area contributed by atoms with Gasteiger partial charge in [-0.25, -0.2) is 4.98 Å². The van der Waals surface area contributed by atoms with Crippen molar-refractivity contribution in [1.82, 2.24) is 10.5 Å². The van der Waals surface area contributed by atoms with E-state index in [-0.39, 0.29) is 5.84 Å². The molecule has 0 unspecified atom stereocenters. The predicted octanol–water partition coefficient (Wildman–Crippen LogP) is 3.56. The van der Waals surface area contributed by atoms with Crippen molar-refractivity contribution in [3.8, 4) is 11.5 Å². The molecule has 6 heteroatoms. The van der Waals surface area contributed by atoms with E-state index in [2.05, 4.69) is 20.9 Å². The topological polar surface area (TPSA) is 82.1 Å². The molecular formula is C14H10BrN3O2. The summed E-state index contributed by atoms with van der Waals surface area (Å²) in [5.74, 6) is 0.464. The van der Waals surface area contributed by atoms with Gasteiger partial charge in [0.2, 0.25) is 5.89 Å². The first kappa shape index (κ1) is 12.8. The van der Waals surface area contributed by atoms with Crippen LogP contribution in [-0.2, 0) is 0 Å². The van der Waals surface area contributed by atoms with Gasteiger partial charge in [0.25, 0.3) is 0 Å². The molecular weight excluding hydrogens is 322 g/mol. The van der Waals surface area contributed by atoms with Crippen LogP contribution in [-0.4, -0.2) is 16.0 Å². The third-order valence-electron chi connectivity index (χ3n) is 2.88. The average Bonchev–Trinajstić information content (AvgIpc) is 2.89. The standard InChI is InChI=1S/C14H10BrN3O2/c15-10-5-6-12-11(7-10)17-14(20-12)9-3-1-8(2-4-9)13(16)18-19/h1-7,19H,(H2,16,18). The zero-order valence-electron chi connectivity index (χ0n) is 10.2. The highest BCUT2D eigenvalue weighted by atomic mass is 79.9. The van der Waals surface area contributed by atoms with Crippen LogP contribution < -0.4 is 5.48 Å². The lowest BCUT2D eigenvalue weighted by atomic mass is 10.1. The number of aromatic nitrogens is 1. The van der Waals surface area contributed by atoms with Crippen LogP contribution in [0.1, 0.15) is 5.56 Å². The Hall–Kier alpha value is -2.18. The first-order chi connectivity index (χ1) is 9.67. The maximum atomic E-state index is 8.69. The molecule has 5 nitrogen and oxygen atoms in total. The second kappa shape index (κ2) is 5.07. The number of hydroxylamine groups is 1. The van der Waals surface area contributed by atoms with Crippen molar-refractivity contribution >= 4 is 32.9 Å². The van der Waals surface area contributed by atoms with Crippen LogP contribution in [0.3, 0.4) is 0 Å². The molecule has 0 bridgehead atoms. The van der Waals surface area contributed by atoms with Gasteiger partial charge in [-0.3, -0.25) is 16.1 Å². The molecule has 0 aliphatic rings. The smallest absolute Gasteiger partial charge is 0.227 e. The van der Waals surface area contributed by atoms with E-state index < -0.39 is 0 Å². The van der Waals surface area contributed by atoms with Gasteiger partial charge in [-0.2, -0.15) is 0 Å². The molecule has 0 aliphatic carbocycles. The summed E-state index contributed by atoms with van der Waals surface area (Å²) < 4.78 is 6.63. The van der Waals surface area contributed by atoms with Crippen LogP contribution in [0, 0.1) is 5.41 Å². The molecule has 0 radical (unpaired) electrons. The van der Waals surface area contributed by atoms with Crippen molar-refractivity contribution < 1.29 is 9.62 Å². The molecule has 3 aromatic rings. The van der Waals surface area contributed by atoms with E-state index in [1.54, 1.807) is 24.3 Å². The van der Waals surface area contributed by atoms with E-state index in [1.165, 1.54) is 0 Å². The number of benzene rings is 2. The Morgan fingerprint density at radius 2 is 1.95 bits per heavy atom. The van der Waals surface area contributed by atoms with Crippen LogP contribution in [0.5, 0.6) is 0 Å². The van der Waals surface area contributed by atoms with E-state index in [9.17, 15) is 0 Å². The van der Waals surface area contributed by atoms with Gasteiger partial charge >= 0.3 is 0 Å². The summed E-state index contributed by atoms with van der Waals surface area (Å²) in [6.45, 7) is 0. The Labute approximate surface area is 122 Å².